The van der Waals surface area contributed by atoms with E-state index >= 15 is 0 Å². The molecular formula is C11H20F3N3O. The number of halogens is 3. The minimum absolute atomic E-state index is 0.210. The molecule has 1 aliphatic heterocycles. The van der Waals surface area contributed by atoms with Gasteiger partial charge in [-0.25, -0.2) is 0 Å². The molecule has 1 heterocycles. The zero-order chi connectivity index (χ0) is 13.8. The molecule has 1 rings (SSSR count). The maximum atomic E-state index is 12.7. The van der Waals surface area contributed by atoms with Crippen LogP contribution in [-0.2, 0) is 4.74 Å². The van der Waals surface area contributed by atoms with Gasteiger partial charge in [0.1, 0.15) is 11.8 Å². The molecule has 0 aromatic rings. The van der Waals surface area contributed by atoms with Gasteiger partial charge in [-0.3, -0.25) is 5.41 Å². The van der Waals surface area contributed by atoms with Gasteiger partial charge in [0.2, 0.25) is 0 Å². The minimum Gasteiger partial charge on any atom is -0.387 e. The van der Waals surface area contributed by atoms with Crippen molar-refractivity contribution in [1.29, 1.82) is 5.41 Å². The van der Waals surface area contributed by atoms with E-state index in [1.165, 1.54) is 0 Å². The molecule has 0 bridgehead atoms. The van der Waals surface area contributed by atoms with Gasteiger partial charge in [-0.1, -0.05) is 0 Å². The van der Waals surface area contributed by atoms with Crippen molar-refractivity contribution < 1.29 is 17.9 Å². The van der Waals surface area contributed by atoms with Gasteiger partial charge in [0.25, 0.3) is 0 Å². The Morgan fingerprint density at radius 2 is 2.00 bits per heavy atom. The molecule has 1 aliphatic rings. The van der Waals surface area contributed by atoms with E-state index in [0.29, 0.717) is 25.6 Å². The average Bonchev–Trinajstić information content (AvgIpc) is 2.26. The first kappa shape index (κ1) is 15.2. The molecule has 0 aromatic heterocycles. The number of alkyl halides is 3. The second-order valence-corrected chi connectivity index (χ2v) is 4.75. The summed E-state index contributed by atoms with van der Waals surface area (Å²) < 4.78 is 43.0. The lowest BCUT2D eigenvalue weighted by Crippen LogP contribution is -2.46. The largest absolute Gasteiger partial charge is 0.399 e. The summed E-state index contributed by atoms with van der Waals surface area (Å²) >= 11 is 0. The third-order valence-corrected chi connectivity index (χ3v) is 3.32. The van der Waals surface area contributed by atoms with E-state index < -0.39 is 17.9 Å². The molecule has 3 N–H and O–H groups in total. The maximum absolute atomic E-state index is 12.7. The van der Waals surface area contributed by atoms with Crippen LogP contribution < -0.4 is 5.73 Å². The molecule has 7 heteroatoms. The zero-order valence-corrected chi connectivity index (χ0v) is 10.5. The van der Waals surface area contributed by atoms with E-state index in [1.807, 2.05) is 0 Å². The number of nitrogens with two attached hydrogens (primary N) is 1. The summed E-state index contributed by atoms with van der Waals surface area (Å²) in [7, 11) is 1.63. The van der Waals surface area contributed by atoms with Crippen LogP contribution in [0.4, 0.5) is 13.2 Å². The molecule has 0 spiro atoms. The van der Waals surface area contributed by atoms with Crippen molar-refractivity contribution in [2.24, 2.45) is 17.6 Å². The Bertz CT molecular complexity index is 275. The molecule has 1 unspecified atom stereocenters. The van der Waals surface area contributed by atoms with Crippen molar-refractivity contribution in [2.75, 3.05) is 33.4 Å². The first-order chi connectivity index (χ1) is 8.34. The first-order valence-corrected chi connectivity index (χ1v) is 5.96. The van der Waals surface area contributed by atoms with Crippen LogP contribution >= 0.6 is 0 Å². The van der Waals surface area contributed by atoms with Crippen LogP contribution in [-0.4, -0.2) is 50.3 Å². The Labute approximate surface area is 105 Å². The van der Waals surface area contributed by atoms with Crippen molar-refractivity contribution in [3.05, 3.63) is 0 Å². The summed E-state index contributed by atoms with van der Waals surface area (Å²) in [6, 6.07) is 0. The molecule has 1 atom stereocenters. The van der Waals surface area contributed by atoms with Gasteiger partial charge < -0.3 is 15.4 Å². The van der Waals surface area contributed by atoms with Gasteiger partial charge in [0, 0.05) is 20.3 Å². The molecule has 4 nitrogen and oxygen atoms in total. The van der Waals surface area contributed by atoms with Crippen LogP contribution in [0.5, 0.6) is 0 Å². The van der Waals surface area contributed by atoms with Crippen molar-refractivity contribution >= 4 is 5.84 Å². The monoisotopic (exact) mass is 267 g/mol. The molecule has 0 aliphatic carbocycles. The Kier molecular flexibility index (Phi) is 5.40. The fraction of sp³-hybridized carbons (Fsp3) is 0.909. The van der Waals surface area contributed by atoms with E-state index in [1.54, 1.807) is 12.0 Å². The molecule has 0 amide bonds. The number of amidine groups is 1. The van der Waals surface area contributed by atoms with Crippen LogP contribution in [0.3, 0.4) is 0 Å². The SMILES string of the molecule is COCC1CCN(CC(C(=N)N)C(F)(F)F)CC1. The summed E-state index contributed by atoms with van der Waals surface area (Å²) in [6.45, 7) is 1.66. The van der Waals surface area contributed by atoms with Crippen LogP contribution in [0.2, 0.25) is 0 Å². The third kappa shape index (κ3) is 4.45. The number of piperidine rings is 1. The third-order valence-electron chi connectivity index (χ3n) is 3.32. The van der Waals surface area contributed by atoms with Crippen LogP contribution in [0.1, 0.15) is 12.8 Å². The molecule has 1 fully saturated rings. The Balaban J connectivity index is 2.46. The van der Waals surface area contributed by atoms with E-state index in [4.69, 9.17) is 15.9 Å². The normalized spacial score (nSPS) is 20.9. The zero-order valence-electron chi connectivity index (χ0n) is 10.5. The van der Waals surface area contributed by atoms with Crippen molar-refractivity contribution in [3.8, 4) is 0 Å². The lowest BCUT2D eigenvalue weighted by atomic mass is 9.96. The van der Waals surface area contributed by atoms with Gasteiger partial charge in [0.05, 0.1) is 0 Å². The summed E-state index contributed by atoms with van der Waals surface area (Å²) in [4.78, 5) is 1.73. The lowest BCUT2D eigenvalue weighted by Gasteiger charge is -2.34. The van der Waals surface area contributed by atoms with Crippen molar-refractivity contribution in [3.63, 3.8) is 0 Å². The van der Waals surface area contributed by atoms with Gasteiger partial charge in [-0.2, -0.15) is 13.2 Å². The number of methoxy groups -OCH3 is 1. The molecular weight excluding hydrogens is 247 g/mol. The average molecular weight is 267 g/mol. The number of likely N-dealkylation sites (tertiary alicyclic amines) is 1. The molecule has 18 heavy (non-hydrogen) atoms. The summed E-state index contributed by atoms with van der Waals surface area (Å²) in [5.74, 6) is -2.23. The predicted octanol–water partition coefficient (Wildman–Crippen LogP) is 1.46. The molecule has 0 saturated carbocycles. The highest BCUT2D eigenvalue weighted by Gasteiger charge is 2.43. The van der Waals surface area contributed by atoms with Gasteiger partial charge in [-0.15, -0.1) is 0 Å². The number of nitrogens with zero attached hydrogens (tertiary/aromatic N) is 1. The van der Waals surface area contributed by atoms with Crippen LogP contribution in [0.25, 0.3) is 0 Å². The Hall–Kier alpha value is -0.820. The highest BCUT2D eigenvalue weighted by atomic mass is 19.4. The number of hydrogen-bond acceptors (Lipinski definition) is 3. The Morgan fingerprint density at radius 3 is 2.39 bits per heavy atom. The summed E-state index contributed by atoms with van der Waals surface area (Å²) in [6.07, 6.45) is -2.78. The Morgan fingerprint density at radius 1 is 1.44 bits per heavy atom. The molecule has 1 saturated heterocycles. The quantitative estimate of drug-likeness (QED) is 0.585. The minimum atomic E-state index is -4.44. The summed E-state index contributed by atoms with van der Waals surface area (Å²) in [5, 5.41) is 7.04. The second kappa shape index (κ2) is 6.38. The van der Waals surface area contributed by atoms with Crippen molar-refractivity contribution in [2.45, 2.75) is 19.0 Å². The van der Waals surface area contributed by atoms with Gasteiger partial charge >= 0.3 is 6.18 Å². The fourth-order valence-corrected chi connectivity index (χ4v) is 2.21. The van der Waals surface area contributed by atoms with Crippen LogP contribution in [0.15, 0.2) is 0 Å². The standard InChI is InChI=1S/C11H20F3N3O/c1-18-7-8-2-4-17(5-3-8)6-9(10(15)16)11(12,13)14/h8-9H,2-7H2,1H3,(H3,15,16). The molecule has 0 radical (unpaired) electrons. The smallest absolute Gasteiger partial charge is 0.387 e. The maximum Gasteiger partial charge on any atom is 0.399 e. The van der Waals surface area contributed by atoms with E-state index in [2.05, 4.69) is 0 Å². The topological polar surface area (TPSA) is 62.3 Å². The predicted molar refractivity (Wildman–Crippen MR) is 62.5 cm³/mol. The number of hydrogen-bond donors (Lipinski definition) is 2. The first-order valence-electron chi connectivity index (χ1n) is 5.96. The van der Waals surface area contributed by atoms with Gasteiger partial charge in [0.15, 0.2) is 0 Å². The highest BCUT2D eigenvalue weighted by molar-refractivity contribution is 5.80. The lowest BCUT2D eigenvalue weighted by molar-refractivity contribution is -0.160. The van der Waals surface area contributed by atoms with Crippen LogP contribution in [0, 0.1) is 17.2 Å². The fourth-order valence-electron chi connectivity index (χ4n) is 2.21. The highest BCUT2D eigenvalue weighted by Crippen LogP contribution is 2.28. The van der Waals surface area contributed by atoms with Gasteiger partial charge in [-0.05, 0) is 31.8 Å². The number of rotatable bonds is 5. The molecule has 0 aromatic carbocycles. The van der Waals surface area contributed by atoms with E-state index in [-0.39, 0.29) is 6.54 Å². The summed E-state index contributed by atoms with van der Waals surface area (Å²) in [5.41, 5.74) is 5.03. The van der Waals surface area contributed by atoms with E-state index in [0.717, 1.165) is 12.8 Å². The number of ether oxygens (including phenoxy) is 1. The van der Waals surface area contributed by atoms with E-state index in [9.17, 15) is 13.2 Å². The number of nitrogens with one attached hydrogen (secondary N) is 1. The van der Waals surface area contributed by atoms with Crippen molar-refractivity contribution in [1.82, 2.24) is 4.90 Å². The second-order valence-electron chi connectivity index (χ2n) is 4.75. The molecule has 106 valence electrons.